The summed E-state index contributed by atoms with van der Waals surface area (Å²) in [6.45, 7) is 0. The average molecular weight is 304 g/mol. The van der Waals surface area contributed by atoms with Gasteiger partial charge in [0.15, 0.2) is 11.5 Å². The maximum atomic E-state index is 6.00. The minimum Gasteiger partial charge on any atom is -0.493 e. The number of benzene rings is 1. The minimum absolute atomic E-state index is 0.302. The van der Waals surface area contributed by atoms with Crippen LogP contribution in [-0.2, 0) is 0 Å². The van der Waals surface area contributed by atoms with Gasteiger partial charge in [0.1, 0.15) is 5.69 Å². The Bertz CT molecular complexity index is 755. The monoisotopic (exact) mass is 304 g/mol. The molecule has 3 rings (SSSR count). The highest BCUT2D eigenvalue weighted by Gasteiger charge is 2.17. The molecule has 0 atom stereocenters. The molecule has 0 saturated heterocycles. The van der Waals surface area contributed by atoms with E-state index in [2.05, 4.69) is 15.1 Å². The van der Waals surface area contributed by atoms with Gasteiger partial charge in [-0.1, -0.05) is 5.16 Å². The van der Waals surface area contributed by atoms with E-state index in [1.54, 1.807) is 31.9 Å². The molecule has 0 aliphatic rings. The van der Waals surface area contributed by atoms with Crippen molar-refractivity contribution >= 4 is 17.0 Å². The van der Waals surface area contributed by atoms with Crippen LogP contribution < -0.4 is 15.2 Å². The summed E-state index contributed by atoms with van der Waals surface area (Å²) in [6, 6.07) is 3.35. The van der Waals surface area contributed by atoms with Gasteiger partial charge >= 0.3 is 0 Å². The Morgan fingerprint density at radius 1 is 1.19 bits per heavy atom. The molecule has 0 radical (unpaired) electrons. The molecule has 0 bridgehead atoms. The van der Waals surface area contributed by atoms with E-state index in [0.717, 1.165) is 0 Å². The van der Waals surface area contributed by atoms with Crippen molar-refractivity contribution in [2.24, 2.45) is 0 Å². The highest BCUT2D eigenvalue weighted by molar-refractivity contribution is 7.07. The van der Waals surface area contributed by atoms with E-state index in [1.807, 2.05) is 5.38 Å². The fraction of sp³-hybridized carbons (Fsp3) is 0.154. The molecule has 0 aliphatic carbocycles. The van der Waals surface area contributed by atoms with Gasteiger partial charge in [0.25, 0.3) is 5.89 Å². The average Bonchev–Trinajstić information content (AvgIpc) is 3.17. The van der Waals surface area contributed by atoms with E-state index < -0.39 is 0 Å². The number of aromatic nitrogens is 3. The topological polar surface area (TPSA) is 96.3 Å². The Labute approximate surface area is 124 Å². The van der Waals surface area contributed by atoms with Crippen LogP contribution in [0, 0.1) is 0 Å². The maximum Gasteiger partial charge on any atom is 0.260 e. The molecular weight excluding hydrogens is 292 g/mol. The zero-order valence-electron chi connectivity index (χ0n) is 11.4. The molecule has 2 aromatic heterocycles. The number of anilines is 1. The summed E-state index contributed by atoms with van der Waals surface area (Å²) < 4.78 is 15.7. The van der Waals surface area contributed by atoms with Crippen molar-refractivity contribution in [3.05, 3.63) is 23.0 Å². The minimum atomic E-state index is 0.302. The molecule has 0 saturated carbocycles. The van der Waals surface area contributed by atoms with Crippen LogP contribution in [0.1, 0.15) is 0 Å². The van der Waals surface area contributed by atoms with Gasteiger partial charge in [-0.25, -0.2) is 4.98 Å². The van der Waals surface area contributed by atoms with Gasteiger partial charge < -0.3 is 19.7 Å². The summed E-state index contributed by atoms with van der Waals surface area (Å²) >= 11 is 1.46. The third-order valence-corrected chi connectivity index (χ3v) is 3.46. The van der Waals surface area contributed by atoms with Crippen LogP contribution in [0.25, 0.3) is 23.0 Å². The van der Waals surface area contributed by atoms with E-state index in [0.29, 0.717) is 40.2 Å². The van der Waals surface area contributed by atoms with E-state index in [9.17, 15) is 0 Å². The number of nitrogens with zero attached hydrogens (tertiary/aromatic N) is 3. The largest absolute Gasteiger partial charge is 0.493 e. The lowest BCUT2D eigenvalue weighted by molar-refractivity contribution is 0.355. The second kappa shape index (κ2) is 5.41. The smallest absolute Gasteiger partial charge is 0.260 e. The van der Waals surface area contributed by atoms with Crippen molar-refractivity contribution in [1.82, 2.24) is 15.1 Å². The predicted molar refractivity (Wildman–Crippen MR) is 78.4 cm³/mol. The summed E-state index contributed by atoms with van der Waals surface area (Å²) in [5.41, 5.74) is 9.41. The molecule has 3 aromatic rings. The SMILES string of the molecule is COc1cc(N)c(-c2nc(-c3cscn3)no2)cc1OC. The standard InChI is InChI=1S/C13H12N4O3S/c1-18-10-3-7(8(14)4-11(10)19-2)13-16-12(17-20-13)9-5-21-6-15-9/h3-6H,14H2,1-2H3. The second-order valence-electron chi connectivity index (χ2n) is 4.09. The van der Waals surface area contributed by atoms with Gasteiger partial charge in [0, 0.05) is 17.1 Å². The van der Waals surface area contributed by atoms with Crippen LogP contribution >= 0.6 is 11.3 Å². The van der Waals surface area contributed by atoms with Crippen molar-refractivity contribution in [3.8, 4) is 34.5 Å². The first-order valence-corrected chi connectivity index (χ1v) is 6.91. The van der Waals surface area contributed by atoms with Crippen LogP contribution in [0.2, 0.25) is 0 Å². The quantitative estimate of drug-likeness (QED) is 0.739. The van der Waals surface area contributed by atoms with Crippen molar-refractivity contribution in [3.63, 3.8) is 0 Å². The van der Waals surface area contributed by atoms with Crippen LogP contribution in [0.4, 0.5) is 5.69 Å². The number of methoxy groups -OCH3 is 2. The normalized spacial score (nSPS) is 10.6. The van der Waals surface area contributed by atoms with Gasteiger partial charge in [-0.3, -0.25) is 0 Å². The molecule has 2 N–H and O–H groups in total. The Morgan fingerprint density at radius 3 is 2.62 bits per heavy atom. The number of thiazole rings is 1. The Balaban J connectivity index is 2.04. The molecule has 0 fully saturated rings. The van der Waals surface area contributed by atoms with Crippen LogP contribution in [-0.4, -0.2) is 29.3 Å². The summed E-state index contributed by atoms with van der Waals surface area (Å²) in [5.74, 6) is 1.80. The van der Waals surface area contributed by atoms with Gasteiger partial charge in [0.2, 0.25) is 5.82 Å². The summed E-state index contributed by atoms with van der Waals surface area (Å²) in [5, 5.41) is 5.74. The summed E-state index contributed by atoms with van der Waals surface area (Å²) in [6.07, 6.45) is 0. The fourth-order valence-electron chi connectivity index (χ4n) is 1.84. The molecular formula is C13H12N4O3S. The molecule has 108 valence electrons. The summed E-state index contributed by atoms with van der Waals surface area (Å²) in [7, 11) is 3.09. The maximum absolute atomic E-state index is 6.00. The van der Waals surface area contributed by atoms with E-state index in [1.165, 1.54) is 11.3 Å². The second-order valence-corrected chi connectivity index (χ2v) is 4.81. The fourth-order valence-corrected chi connectivity index (χ4v) is 2.37. The molecule has 0 unspecified atom stereocenters. The highest BCUT2D eigenvalue weighted by Crippen LogP contribution is 2.37. The predicted octanol–water partition coefficient (Wildman–Crippen LogP) is 2.46. The Kier molecular flexibility index (Phi) is 3.44. The number of ether oxygens (including phenoxy) is 2. The third kappa shape index (κ3) is 2.40. The van der Waals surface area contributed by atoms with Gasteiger partial charge in [-0.15, -0.1) is 11.3 Å². The molecule has 21 heavy (non-hydrogen) atoms. The van der Waals surface area contributed by atoms with Gasteiger partial charge in [-0.05, 0) is 6.07 Å². The molecule has 2 heterocycles. The number of hydrogen-bond acceptors (Lipinski definition) is 8. The first-order valence-electron chi connectivity index (χ1n) is 5.97. The number of nitrogen functional groups attached to an aromatic ring is 1. The lowest BCUT2D eigenvalue weighted by Gasteiger charge is -2.10. The van der Waals surface area contributed by atoms with Crippen LogP contribution in [0.5, 0.6) is 11.5 Å². The zero-order chi connectivity index (χ0) is 14.8. The van der Waals surface area contributed by atoms with Crippen molar-refractivity contribution in [1.29, 1.82) is 0 Å². The van der Waals surface area contributed by atoms with E-state index in [-0.39, 0.29) is 0 Å². The molecule has 8 heteroatoms. The Hall–Kier alpha value is -2.61. The zero-order valence-corrected chi connectivity index (χ0v) is 12.2. The van der Waals surface area contributed by atoms with E-state index >= 15 is 0 Å². The first kappa shape index (κ1) is 13.4. The van der Waals surface area contributed by atoms with E-state index in [4.69, 9.17) is 19.7 Å². The van der Waals surface area contributed by atoms with Gasteiger partial charge in [0.05, 0.1) is 25.3 Å². The van der Waals surface area contributed by atoms with Crippen molar-refractivity contribution in [2.45, 2.75) is 0 Å². The Morgan fingerprint density at radius 2 is 1.95 bits per heavy atom. The number of hydrogen-bond donors (Lipinski definition) is 1. The molecule has 7 nitrogen and oxygen atoms in total. The third-order valence-electron chi connectivity index (χ3n) is 2.87. The molecule has 0 amide bonds. The van der Waals surface area contributed by atoms with Crippen molar-refractivity contribution in [2.75, 3.05) is 20.0 Å². The van der Waals surface area contributed by atoms with Crippen LogP contribution in [0.15, 0.2) is 27.5 Å². The number of rotatable bonds is 4. The van der Waals surface area contributed by atoms with Crippen molar-refractivity contribution < 1.29 is 14.0 Å². The highest BCUT2D eigenvalue weighted by atomic mass is 32.1. The summed E-state index contributed by atoms with van der Waals surface area (Å²) in [4.78, 5) is 8.44. The molecule has 1 aromatic carbocycles. The van der Waals surface area contributed by atoms with Gasteiger partial charge in [-0.2, -0.15) is 4.98 Å². The first-order chi connectivity index (χ1) is 10.2. The molecule has 0 aliphatic heterocycles. The molecule has 0 spiro atoms. The lowest BCUT2D eigenvalue weighted by atomic mass is 10.1. The van der Waals surface area contributed by atoms with Crippen LogP contribution in [0.3, 0.4) is 0 Å². The lowest BCUT2D eigenvalue weighted by Crippen LogP contribution is -1.96. The number of nitrogens with two attached hydrogens (primary N) is 1.